The molecule has 0 saturated carbocycles. The molecule has 208 valence electrons. The van der Waals surface area contributed by atoms with Crippen LogP contribution >= 0.6 is 0 Å². The summed E-state index contributed by atoms with van der Waals surface area (Å²) < 4.78 is 0. The normalized spacial score (nSPS) is 12.5. The molecule has 3 atom stereocenters. The molecule has 0 heterocycles. The van der Waals surface area contributed by atoms with Gasteiger partial charge in [-0.25, -0.2) is 9.59 Å². The van der Waals surface area contributed by atoms with Crippen LogP contribution in [0.2, 0.25) is 0 Å². The maximum absolute atomic E-state index is 12.7. The Morgan fingerprint density at radius 1 is 0.711 bits per heavy atom. The SMILES string of the molecule is CN(C)CC(=O)N[C@@H](CCC(=O)N[C@@H](CCC(=O)C=[N+]=[N-])C(=O)N[C@@H](CCC(=O)C=[N+]=[N-])C(=O)O)C(=O)O. The minimum atomic E-state index is -1.57. The monoisotopic (exact) mass is 538 g/mol. The Labute approximate surface area is 216 Å². The number of Topliss-reactive ketones (excluding diaryl/α,β-unsaturated/α-hetero) is 2. The fraction of sp³-hybridized carbons (Fsp3) is 0.571. The standard InChI is InChI=1S/C21H30N8O9/c1-29(2)11-18(33)27-15(20(35)36)7-8-17(32)26-14(5-3-12(30)9-24-22)19(34)28-16(21(37)38)6-4-13(31)10-25-23/h9-10,14-16H,3-8,11H2,1-2H3,(H,26,32)(H,27,33)(H,28,34)(H,35,36)(H,37,38)/t14-,15-,16-/m0/s1. The number of nitrogens with one attached hydrogen (secondary N) is 3. The van der Waals surface area contributed by atoms with Crippen molar-refractivity contribution in [1.29, 1.82) is 0 Å². The van der Waals surface area contributed by atoms with Crippen molar-refractivity contribution in [2.24, 2.45) is 0 Å². The Bertz CT molecular complexity index is 1020. The summed E-state index contributed by atoms with van der Waals surface area (Å²) in [5.41, 5.74) is 16.8. The van der Waals surface area contributed by atoms with Crippen LogP contribution in [0.5, 0.6) is 0 Å². The summed E-state index contributed by atoms with van der Waals surface area (Å²) in [6.45, 7) is -0.0907. The summed E-state index contributed by atoms with van der Waals surface area (Å²) in [6.07, 6.45) is -1.15. The summed E-state index contributed by atoms with van der Waals surface area (Å²) in [5, 5.41) is 25.4. The fourth-order valence-electron chi connectivity index (χ4n) is 2.96. The Hall–Kier alpha value is -4.59. The van der Waals surface area contributed by atoms with Crippen LogP contribution in [-0.2, 0) is 33.6 Å². The van der Waals surface area contributed by atoms with Gasteiger partial charge < -0.3 is 42.1 Å². The number of ketones is 2. The number of amides is 3. The molecule has 0 unspecified atom stereocenters. The van der Waals surface area contributed by atoms with Gasteiger partial charge in [-0.15, -0.1) is 0 Å². The highest BCUT2D eigenvalue weighted by atomic mass is 16.4. The molecule has 0 aromatic rings. The van der Waals surface area contributed by atoms with E-state index < -0.39 is 65.8 Å². The van der Waals surface area contributed by atoms with E-state index in [0.29, 0.717) is 12.4 Å². The molecule has 17 heteroatoms. The van der Waals surface area contributed by atoms with Crippen LogP contribution in [0, 0.1) is 0 Å². The van der Waals surface area contributed by atoms with Gasteiger partial charge in [0.1, 0.15) is 18.1 Å². The van der Waals surface area contributed by atoms with E-state index in [2.05, 4.69) is 25.5 Å². The number of hydrogen-bond acceptors (Lipinski definition) is 8. The van der Waals surface area contributed by atoms with Crippen LogP contribution < -0.4 is 16.0 Å². The van der Waals surface area contributed by atoms with Crippen molar-refractivity contribution < 1.29 is 53.4 Å². The van der Waals surface area contributed by atoms with Gasteiger partial charge in [-0.3, -0.25) is 24.0 Å². The van der Waals surface area contributed by atoms with Crippen LogP contribution in [0.1, 0.15) is 38.5 Å². The molecule has 0 rings (SSSR count). The first-order valence-corrected chi connectivity index (χ1v) is 11.2. The average Bonchev–Trinajstić information content (AvgIpc) is 2.81. The maximum atomic E-state index is 12.7. The van der Waals surface area contributed by atoms with Gasteiger partial charge >= 0.3 is 24.4 Å². The zero-order valence-corrected chi connectivity index (χ0v) is 20.8. The van der Waals surface area contributed by atoms with Crippen molar-refractivity contribution in [3.63, 3.8) is 0 Å². The van der Waals surface area contributed by atoms with Gasteiger partial charge in [-0.2, -0.15) is 9.58 Å². The topological polar surface area (TPSA) is 272 Å². The Morgan fingerprint density at radius 3 is 1.58 bits per heavy atom. The van der Waals surface area contributed by atoms with E-state index >= 15 is 0 Å². The summed E-state index contributed by atoms with van der Waals surface area (Å²) in [7, 11) is 3.20. The lowest BCUT2D eigenvalue weighted by Crippen LogP contribution is -2.52. The van der Waals surface area contributed by atoms with E-state index in [1.165, 1.54) is 4.90 Å². The molecule has 0 spiro atoms. The molecule has 0 aromatic carbocycles. The second-order valence-electron chi connectivity index (χ2n) is 8.25. The molecule has 5 N–H and O–H groups in total. The second kappa shape index (κ2) is 17.8. The summed E-state index contributed by atoms with van der Waals surface area (Å²) >= 11 is 0. The molecule has 0 fully saturated rings. The summed E-state index contributed by atoms with van der Waals surface area (Å²) in [6, 6.07) is -4.43. The number of hydrogen-bond donors (Lipinski definition) is 5. The van der Waals surface area contributed by atoms with Crippen LogP contribution in [0.3, 0.4) is 0 Å². The lowest BCUT2D eigenvalue weighted by Gasteiger charge is -2.21. The first-order valence-electron chi connectivity index (χ1n) is 11.2. The van der Waals surface area contributed by atoms with Crippen molar-refractivity contribution in [2.75, 3.05) is 20.6 Å². The smallest absolute Gasteiger partial charge is 0.326 e. The number of aliphatic carboxylic acids is 2. The highest BCUT2D eigenvalue weighted by Crippen LogP contribution is 2.05. The number of nitrogens with zero attached hydrogens (tertiary/aromatic N) is 5. The molecular weight excluding hydrogens is 508 g/mol. The van der Waals surface area contributed by atoms with Gasteiger partial charge in [-0.1, -0.05) is 0 Å². The van der Waals surface area contributed by atoms with Crippen molar-refractivity contribution in [3.05, 3.63) is 11.1 Å². The number of likely N-dealkylation sites (N-methyl/N-ethyl adjacent to an activating group) is 1. The average molecular weight is 539 g/mol. The van der Waals surface area contributed by atoms with Crippen LogP contribution in [0.4, 0.5) is 0 Å². The van der Waals surface area contributed by atoms with Gasteiger partial charge in [0.15, 0.2) is 0 Å². The van der Waals surface area contributed by atoms with E-state index in [4.69, 9.17) is 11.1 Å². The molecule has 0 aliphatic heterocycles. The molecule has 0 bridgehead atoms. The quantitative estimate of drug-likeness (QED) is 0.0642. The molecule has 0 radical (unpaired) electrons. The maximum Gasteiger partial charge on any atom is 0.326 e. The number of carboxylic acid groups (broad SMARTS) is 2. The van der Waals surface area contributed by atoms with E-state index in [0.717, 1.165) is 0 Å². The molecule has 17 nitrogen and oxygen atoms in total. The molecule has 0 aliphatic carbocycles. The van der Waals surface area contributed by atoms with Gasteiger partial charge in [0, 0.05) is 19.3 Å². The largest absolute Gasteiger partial charge is 0.480 e. The number of carboxylic acids is 2. The van der Waals surface area contributed by atoms with E-state index in [1.807, 2.05) is 0 Å². The van der Waals surface area contributed by atoms with Gasteiger partial charge in [0.2, 0.25) is 29.3 Å². The van der Waals surface area contributed by atoms with Crippen molar-refractivity contribution >= 4 is 53.7 Å². The Kier molecular flexibility index (Phi) is 15.6. The zero-order valence-electron chi connectivity index (χ0n) is 20.8. The van der Waals surface area contributed by atoms with Crippen LogP contribution in [-0.4, -0.2) is 117 Å². The third-order valence-electron chi connectivity index (χ3n) is 4.78. The third-order valence-corrected chi connectivity index (χ3v) is 4.78. The van der Waals surface area contributed by atoms with Gasteiger partial charge in [-0.05, 0) is 33.4 Å². The highest BCUT2D eigenvalue weighted by molar-refractivity contribution is 6.25. The van der Waals surface area contributed by atoms with E-state index in [9.17, 15) is 43.8 Å². The van der Waals surface area contributed by atoms with Crippen LogP contribution in [0.25, 0.3) is 11.1 Å². The Morgan fingerprint density at radius 2 is 1.13 bits per heavy atom. The van der Waals surface area contributed by atoms with Crippen molar-refractivity contribution in [3.8, 4) is 0 Å². The second-order valence-corrected chi connectivity index (χ2v) is 8.25. The first-order chi connectivity index (χ1) is 17.8. The molecule has 0 aliphatic rings. The minimum absolute atomic E-state index is 0.0907. The molecule has 3 amide bonds. The number of carbonyl (C=O) groups is 7. The lowest BCUT2D eigenvalue weighted by molar-refractivity contribution is -0.142. The van der Waals surface area contributed by atoms with Gasteiger partial charge in [0.25, 0.3) is 0 Å². The molecular formula is C21H30N8O9. The summed E-state index contributed by atoms with van der Waals surface area (Å²) in [4.78, 5) is 89.7. The molecule has 38 heavy (non-hydrogen) atoms. The zero-order chi connectivity index (χ0) is 29.3. The first kappa shape index (κ1) is 33.4. The lowest BCUT2D eigenvalue weighted by atomic mass is 10.0. The Balaban J connectivity index is 5.40. The highest BCUT2D eigenvalue weighted by Gasteiger charge is 2.28. The summed E-state index contributed by atoms with van der Waals surface area (Å²) in [5.74, 6) is -6.75. The fourth-order valence-corrected chi connectivity index (χ4v) is 2.96. The van der Waals surface area contributed by atoms with Crippen molar-refractivity contribution in [2.45, 2.75) is 56.7 Å². The molecule has 0 saturated heterocycles. The predicted molar refractivity (Wildman–Crippen MR) is 127 cm³/mol. The van der Waals surface area contributed by atoms with Crippen LogP contribution in [0.15, 0.2) is 0 Å². The molecule has 0 aromatic heterocycles. The van der Waals surface area contributed by atoms with Crippen molar-refractivity contribution in [1.82, 2.24) is 20.9 Å². The number of rotatable bonds is 19. The van der Waals surface area contributed by atoms with Gasteiger partial charge in [0.05, 0.1) is 6.54 Å². The third kappa shape index (κ3) is 14.7. The minimum Gasteiger partial charge on any atom is -0.480 e. The van der Waals surface area contributed by atoms with E-state index in [1.54, 1.807) is 14.1 Å². The van der Waals surface area contributed by atoms with E-state index in [-0.39, 0.29) is 38.6 Å². The predicted octanol–water partition coefficient (Wildman–Crippen LogP) is -2.75. The number of carbonyl (C=O) groups excluding carboxylic acids is 5.